The zero-order valence-electron chi connectivity index (χ0n) is 13.0. The SMILES string of the molecule is CO[C@@H]1O[C@H](CO[C@H]2O[C@H](CO)[C@@H](O)[C@H](O)[C@@H]2O)[C@@H](O)[C@H](O)[C@@H]1O. The van der Waals surface area contributed by atoms with E-state index in [4.69, 9.17) is 24.1 Å². The monoisotopic (exact) mass is 356 g/mol. The van der Waals surface area contributed by atoms with Gasteiger partial charge in [0, 0.05) is 7.11 Å². The Kier molecular flexibility index (Phi) is 6.87. The van der Waals surface area contributed by atoms with Crippen molar-refractivity contribution in [3.8, 4) is 0 Å². The van der Waals surface area contributed by atoms with Crippen LogP contribution in [0.5, 0.6) is 0 Å². The molecule has 0 aliphatic carbocycles. The molecule has 24 heavy (non-hydrogen) atoms. The van der Waals surface area contributed by atoms with E-state index in [2.05, 4.69) is 0 Å². The molecule has 11 heteroatoms. The van der Waals surface area contributed by atoms with Crippen molar-refractivity contribution in [2.45, 2.75) is 61.4 Å². The second-order valence-electron chi connectivity index (χ2n) is 5.78. The summed E-state index contributed by atoms with van der Waals surface area (Å²) < 4.78 is 20.5. The molecule has 0 bridgehead atoms. The Morgan fingerprint density at radius 3 is 1.75 bits per heavy atom. The Morgan fingerprint density at radius 2 is 1.21 bits per heavy atom. The van der Waals surface area contributed by atoms with E-state index >= 15 is 0 Å². The molecular formula is C13H24O11. The smallest absolute Gasteiger partial charge is 0.186 e. The number of methoxy groups -OCH3 is 1. The first-order valence-electron chi connectivity index (χ1n) is 7.46. The Hall–Kier alpha value is -0.440. The number of ether oxygens (including phenoxy) is 4. The highest BCUT2D eigenvalue weighted by molar-refractivity contribution is 4.91. The molecule has 0 unspecified atom stereocenters. The zero-order chi connectivity index (χ0) is 18.0. The van der Waals surface area contributed by atoms with E-state index in [1.54, 1.807) is 0 Å². The van der Waals surface area contributed by atoms with Crippen LogP contribution in [0.15, 0.2) is 0 Å². The van der Waals surface area contributed by atoms with Gasteiger partial charge in [-0.15, -0.1) is 0 Å². The van der Waals surface area contributed by atoms with Crippen LogP contribution in [-0.4, -0.2) is 117 Å². The number of hydrogen-bond donors (Lipinski definition) is 7. The third-order valence-corrected chi connectivity index (χ3v) is 4.17. The number of hydrogen-bond acceptors (Lipinski definition) is 11. The molecule has 11 nitrogen and oxygen atoms in total. The minimum atomic E-state index is -1.60. The lowest BCUT2D eigenvalue weighted by atomic mass is 9.98. The molecular weight excluding hydrogens is 332 g/mol. The van der Waals surface area contributed by atoms with Crippen molar-refractivity contribution in [3.63, 3.8) is 0 Å². The molecule has 0 aromatic rings. The highest BCUT2D eigenvalue weighted by Crippen LogP contribution is 2.25. The van der Waals surface area contributed by atoms with Gasteiger partial charge in [-0.3, -0.25) is 0 Å². The lowest BCUT2D eigenvalue weighted by Gasteiger charge is -2.42. The van der Waals surface area contributed by atoms with E-state index in [-0.39, 0.29) is 6.61 Å². The van der Waals surface area contributed by atoms with Crippen molar-refractivity contribution in [3.05, 3.63) is 0 Å². The molecule has 7 N–H and O–H groups in total. The molecule has 0 spiro atoms. The minimum absolute atomic E-state index is 0.381. The molecule has 2 aliphatic rings. The van der Waals surface area contributed by atoms with Gasteiger partial charge in [0.1, 0.15) is 48.8 Å². The molecule has 0 amide bonds. The number of aliphatic hydroxyl groups is 7. The van der Waals surface area contributed by atoms with E-state index in [9.17, 15) is 30.6 Å². The maximum Gasteiger partial charge on any atom is 0.186 e. The van der Waals surface area contributed by atoms with E-state index < -0.39 is 68.0 Å². The van der Waals surface area contributed by atoms with Gasteiger partial charge in [-0.1, -0.05) is 0 Å². The van der Waals surface area contributed by atoms with Gasteiger partial charge in [-0.05, 0) is 0 Å². The molecule has 0 radical (unpaired) electrons. The van der Waals surface area contributed by atoms with E-state index in [1.807, 2.05) is 0 Å². The van der Waals surface area contributed by atoms with Crippen LogP contribution in [0.4, 0.5) is 0 Å². The van der Waals surface area contributed by atoms with E-state index in [0.29, 0.717) is 0 Å². The van der Waals surface area contributed by atoms with E-state index in [1.165, 1.54) is 7.11 Å². The second kappa shape index (κ2) is 8.29. The van der Waals surface area contributed by atoms with Crippen LogP contribution in [0.2, 0.25) is 0 Å². The zero-order valence-corrected chi connectivity index (χ0v) is 13.0. The van der Waals surface area contributed by atoms with Gasteiger partial charge >= 0.3 is 0 Å². The van der Waals surface area contributed by atoms with E-state index in [0.717, 1.165) is 0 Å². The highest BCUT2D eigenvalue weighted by Gasteiger charge is 2.47. The molecule has 0 aromatic carbocycles. The maximum atomic E-state index is 9.91. The fraction of sp³-hybridized carbons (Fsp3) is 1.00. The summed E-state index contributed by atoms with van der Waals surface area (Å²) in [7, 11) is 1.24. The quantitative estimate of drug-likeness (QED) is 0.251. The molecule has 2 aliphatic heterocycles. The first-order valence-corrected chi connectivity index (χ1v) is 7.46. The predicted molar refractivity (Wildman–Crippen MR) is 73.4 cm³/mol. The second-order valence-corrected chi connectivity index (χ2v) is 5.78. The molecule has 0 saturated carbocycles. The molecule has 0 aromatic heterocycles. The van der Waals surface area contributed by atoms with Crippen LogP contribution < -0.4 is 0 Å². The highest BCUT2D eigenvalue weighted by atomic mass is 16.7. The number of rotatable bonds is 5. The predicted octanol–water partition coefficient (Wildman–Crippen LogP) is -4.74. The van der Waals surface area contributed by atoms with Gasteiger partial charge in [-0.25, -0.2) is 0 Å². The summed E-state index contributed by atoms with van der Waals surface area (Å²) in [6.45, 7) is -0.989. The Morgan fingerprint density at radius 1 is 0.708 bits per heavy atom. The lowest BCUT2D eigenvalue weighted by Crippen LogP contribution is -2.61. The molecule has 2 fully saturated rings. The van der Waals surface area contributed by atoms with Gasteiger partial charge in [0.05, 0.1) is 13.2 Å². The van der Waals surface area contributed by atoms with Crippen molar-refractivity contribution in [2.24, 2.45) is 0 Å². The number of aliphatic hydroxyl groups excluding tert-OH is 7. The Bertz CT molecular complexity index is 356. The fourth-order valence-electron chi connectivity index (χ4n) is 2.64. The normalized spacial score (nSPS) is 50.0. The summed E-state index contributed by atoms with van der Waals surface area (Å²) in [5.74, 6) is 0. The summed E-state index contributed by atoms with van der Waals surface area (Å²) in [4.78, 5) is 0. The van der Waals surface area contributed by atoms with Crippen molar-refractivity contribution in [1.29, 1.82) is 0 Å². The average molecular weight is 356 g/mol. The van der Waals surface area contributed by atoms with Crippen molar-refractivity contribution in [1.82, 2.24) is 0 Å². The van der Waals surface area contributed by atoms with Crippen LogP contribution in [0.1, 0.15) is 0 Å². The molecule has 2 saturated heterocycles. The summed E-state index contributed by atoms with van der Waals surface area (Å²) in [5, 5.41) is 67.6. The molecule has 2 heterocycles. The van der Waals surface area contributed by atoms with Crippen LogP contribution in [0, 0.1) is 0 Å². The summed E-state index contributed by atoms with van der Waals surface area (Å²) in [6.07, 6.45) is -14.0. The van der Waals surface area contributed by atoms with Crippen LogP contribution in [-0.2, 0) is 18.9 Å². The third kappa shape index (κ3) is 3.86. The van der Waals surface area contributed by atoms with Crippen LogP contribution in [0.25, 0.3) is 0 Å². The largest absolute Gasteiger partial charge is 0.394 e. The fourth-order valence-corrected chi connectivity index (χ4v) is 2.64. The topological polar surface area (TPSA) is 179 Å². The van der Waals surface area contributed by atoms with Crippen molar-refractivity contribution < 1.29 is 54.7 Å². The van der Waals surface area contributed by atoms with Gasteiger partial charge in [-0.2, -0.15) is 0 Å². The average Bonchev–Trinajstić information content (AvgIpc) is 2.58. The van der Waals surface area contributed by atoms with Gasteiger partial charge < -0.3 is 54.7 Å². The molecule has 10 atom stereocenters. The first-order chi connectivity index (χ1) is 11.3. The Balaban J connectivity index is 1.96. The Labute approximate surface area is 137 Å². The van der Waals surface area contributed by atoms with Gasteiger partial charge in [0.25, 0.3) is 0 Å². The third-order valence-electron chi connectivity index (χ3n) is 4.17. The van der Waals surface area contributed by atoms with Gasteiger partial charge in [0.15, 0.2) is 12.6 Å². The minimum Gasteiger partial charge on any atom is -0.394 e. The maximum absolute atomic E-state index is 9.91. The molecule has 142 valence electrons. The van der Waals surface area contributed by atoms with Crippen LogP contribution >= 0.6 is 0 Å². The summed E-state index contributed by atoms with van der Waals surface area (Å²) in [5.41, 5.74) is 0. The van der Waals surface area contributed by atoms with Crippen LogP contribution in [0.3, 0.4) is 0 Å². The van der Waals surface area contributed by atoms with Crippen molar-refractivity contribution >= 4 is 0 Å². The lowest BCUT2D eigenvalue weighted by molar-refractivity contribution is -0.328. The first kappa shape index (κ1) is 19.9. The van der Waals surface area contributed by atoms with Crippen molar-refractivity contribution in [2.75, 3.05) is 20.3 Å². The summed E-state index contributed by atoms with van der Waals surface area (Å²) in [6, 6.07) is 0. The summed E-state index contributed by atoms with van der Waals surface area (Å²) >= 11 is 0. The van der Waals surface area contributed by atoms with Gasteiger partial charge in [0.2, 0.25) is 0 Å². The standard InChI is InChI=1S/C13H24O11/c1-21-12-10(19)9(18)7(16)5(24-12)3-22-13-11(20)8(17)6(15)4(2-14)23-13/h4-20H,2-3H2,1H3/t4-,5-,6-,7-,8+,9+,10+,11+,12-,13+/m1/s1. The molecule has 2 rings (SSSR count).